The van der Waals surface area contributed by atoms with Crippen LogP contribution in [0.25, 0.3) is 16.6 Å². The lowest BCUT2D eigenvalue weighted by Crippen LogP contribution is -2.22. The van der Waals surface area contributed by atoms with Crippen molar-refractivity contribution in [2.24, 2.45) is 0 Å². The number of aromatic nitrogens is 2. The molecule has 2 heterocycles. The van der Waals surface area contributed by atoms with Gasteiger partial charge in [0.05, 0.1) is 17.6 Å². The fraction of sp³-hybridized carbons (Fsp3) is 0.333. The number of nitrogens with one attached hydrogen (secondary N) is 1. The van der Waals surface area contributed by atoms with Crippen molar-refractivity contribution in [1.29, 1.82) is 5.26 Å². The molecule has 0 atom stereocenters. The predicted octanol–water partition coefficient (Wildman–Crippen LogP) is 2.45. The summed E-state index contributed by atoms with van der Waals surface area (Å²) >= 11 is 0. The maximum atomic E-state index is 10.2. The molecule has 1 aromatic heterocycles. The van der Waals surface area contributed by atoms with Crippen molar-refractivity contribution in [2.45, 2.75) is 12.8 Å². The molecule has 5 nitrogen and oxygen atoms in total. The average Bonchev–Trinajstić information content (AvgIpc) is 3.08. The second kappa shape index (κ2) is 5.35. The number of benzene rings is 1. The summed E-state index contributed by atoms with van der Waals surface area (Å²) in [6.07, 6.45) is 2.31. The number of H-pyrrole nitrogens is 1. The highest BCUT2D eigenvalue weighted by molar-refractivity contribution is 5.82. The first kappa shape index (κ1) is 12.7. The van der Waals surface area contributed by atoms with Gasteiger partial charge in [-0.1, -0.05) is 12.1 Å². The van der Waals surface area contributed by atoms with Gasteiger partial charge < -0.3 is 10.1 Å². The van der Waals surface area contributed by atoms with Crippen LogP contribution >= 0.6 is 0 Å². The summed E-state index contributed by atoms with van der Waals surface area (Å²) in [5.41, 5.74) is 1.89. The van der Waals surface area contributed by atoms with E-state index in [2.05, 4.69) is 20.9 Å². The lowest BCUT2D eigenvalue weighted by molar-refractivity contribution is 0.293. The summed E-state index contributed by atoms with van der Waals surface area (Å²) in [7, 11) is 0. The van der Waals surface area contributed by atoms with Gasteiger partial charge in [-0.2, -0.15) is 5.26 Å². The fourth-order valence-corrected chi connectivity index (χ4v) is 2.56. The van der Waals surface area contributed by atoms with Crippen molar-refractivity contribution >= 4 is 16.6 Å². The Balaban J connectivity index is 1.93. The van der Waals surface area contributed by atoms with E-state index in [1.807, 2.05) is 24.3 Å². The molecule has 1 aromatic carbocycles. The van der Waals surface area contributed by atoms with Crippen molar-refractivity contribution < 1.29 is 5.11 Å². The highest BCUT2D eigenvalue weighted by atomic mass is 16.3. The van der Waals surface area contributed by atoms with Crippen LogP contribution in [0.15, 0.2) is 30.0 Å². The molecule has 1 aliphatic rings. The zero-order valence-corrected chi connectivity index (χ0v) is 11.1. The van der Waals surface area contributed by atoms with Crippen molar-refractivity contribution in [3.63, 3.8) is 0 Å². The number of para-hydroxylation sites is 2. The van der Waals surface area contributed by atoms with Gasteiger partial charge in [0.15, 0.2) is 5.82 Å². The number of rotatable bonds is 3. The van der Waals surface area contributed by atoms with Gasteiger partial charge >= 0.3 is 0 Å². The van der Waals surface area contributed by atoms with Crippen LogP contribution in [0.1, 0.15) is 18.7 Å². The molecule has 102 valence electrons. The Morgan fingerprint density at radius 1 is 1.35 bits per heavy atom. The monoisotopic (exact) mass is 268 g/mol. The number of nitrogens with zero attached hydrogens (tertiary/aromatic N) is 3. The molecule has 0 bridgehead atoms. The SMILES string of the molecule is N#C/C(=C(/O)CN1CCCC1)c1nc2ccccc2[nH]1. The van der Waals surface area contributed by atoms with Gasteiger partial charge in [-0.3, -0.25) is 4.90 Å². The second-order valence-corrected chi connectivity index (χ2v) is 5.02. The predicted molar refractivity (Wildman–Crippen MR) is 76.9 cm³/mol. The van der Waals surface area contributed by atoms with Crippen LogP contribution in [0, 0.1) is 11.3 Å². The number of fused-ring (bicyclic) bond motifs is 1. The summed E-state index contributed by atoms with van der Waals surface area (Å²) in [4.78, 5) is 9.60. The van der Waals surface area contributed by atoms with Gasteiger partial charge in [-0.05, 0) is 38.1 Å². The molecule has 20 heavy (non-hydrogen) atoms. The number of imidazole rings is 1. The number of likely N-dealkylation sites (tertiary alicyclic amines) is 1. The van der Waals surface area contributed by atoms with E-state index in [1.54, 1.807) is 0 Å². The Labute approximate surface area is 117 Å². The normalized spacial score (nSPS) is 17.1. The molecule has 1 fully saturated rings. The fourth-order valence-electron chi connectivity index (χ4n) is 2.56. The van der Waals surface area contributed by atoms with Crippen molar-refractivity contribution in [1.82, 2.24) is 14.9 Å². The number of aliphatic hydroxyl groups excluding tert-OH is 1. The first-order valence-corrected chi connectivity index (χ1v) is 6.77. The van der Waals surface area contributed by atoms with E-state index < -0.39 is 0 Å². The highest BCUT2D eigenvalue weighted by Gasteiger charge is 2.18. The maximum absolute atomic E-state index is 10.2. The minimum absolute atomic E-state index is 0.0912. The molecule has 0 saturated carbocycles. The summed E-state index contributed by atoms with van der Waals surface area (Å²) in [6, 6.07) is 9.64. The van der Waals surface area contributed by atoms with Crippen LogP contribution in [-0.4, -0.2) is 39.6 Å². The maximum Gasteiger partial charge on any atom is 0.152 e. The van der Waals surface area contributed by atoms with Crippen LogP contribution in [0.2, 0.25) is 0 Å². The standard InChI is InChI=1S/C15H16N4O/c16-9-11(14(20)10-19-7-3-4-8-19)15-17-12-5-1-2-6-13(12)18-15/h1-2,5-6,20H,3-4,7-8,10H2,(H,17,18)/b14-11-. The van der Waals surface area contributed by atoms with Crippen LogP contribution in [0.3, 0.4) is 0 Å². The van der Waals surface area contributed by atoms with Gasteiger partial charge in [0.25, 0.3) is 0 Å². The van der Waals surface area contributed by atoms with Crippen molar-refractivity contribution in [2.75, 3.05) is 19.6 Å². The Kier molecular flexibility index (Phi) is 3.40. The first-order chi connectivity index (χ1) is 9.78. The van der Waals surface area contributed by atoms with E-state index >= 15 is 0 Å². The van der Waals surface area contributed by atoms with Gasteiger partial charge in [-0.25, -0.2) is 4.98 Å². The van der Waals surface area contributed by atoms with Crippen LogP contribution in [0.4, 0.5) is 0 Å². The Bertz CT molecular complexity index is 656. The van der Waals surface area contributed by atoms with E-state index in [4.69, 9.17) is 0 Å². The molecule has 3 rings (SSSR count). The Morgan fingerprint density at radius 2 is 2.10 bits per heavy atom. The zero-order chi connectivity index (χ0) is 13.9. The highest BCUT2D eigenvalue weighted by Crippen LogP contribution is 2.20. The third kappa shape index (κ3) is 2.38. The number of hydrogen-bond donors (Lipinski definition) is 2. The number of allylic oxidation sites excluding steroid dienone is 1. The minimum atomic E-state index is 0.0912. The Morgan fingerprint density at radius 3 is 2.80 bits per heavy atom. The molecule has 0 unspecified atom stereocenters. The summed E-state index contributed by atoms with van der Waals surface area (Å²) in [5.74, 6) is 0.527. The number of aromatic amines is 1. The average molecular weight is 268 g/mol. The van der Waals surface area contributed by atoms with Crippen LogP contribution in [-0.2, 0) is 0 Å². The quantitative estimate of drug-likeness (QED) is 0.662. The van der Waals surface area contributed by atoms with Gasteiger partial charge in [-0.15, -0.1) is 0 Å². The van der Waals surface area contributed by atoms with E-state index in [-0.39, 0.29) is 11.3 Å². The van der Waals surface area contributed by atoms with E-state index in [9.17, 15) is 10.4 Å². The molecule has 0 aliphatic carbocycles. The summed E-state index contributed by atoms with van der Waals surface area (Å²) in [6.45, 7) is 2.37. The molecule has 2 N–H and O–H groups in total. The first-order valence-electron chi connectivity index (χ1n) is 6.77. The van der Waals surface area contributed by atoms with Crippen molar-refractivity contribution in [3.05, 3.63) is 35.8 Å². The molecule has 1 saturated heterocycles. The molecule has 0 amide bonds. The number of aliphatic hydroxyl groups is 1. The third-order valence-electron chi connectivity index (χ3n) is 3.60. The van der Waals surface area contributed by atoms with E-state index in [0.717, 1.165) is 37.0 Å². The molecular weight excluding hydrogens is 252 g/mol. The molecule has 1 aliphatic heterocycles. The third-order valence-corrected chi connectivity index (χ3v) is 3.60. The summed E-state index contributed by atoms with van der Waals surface area (Å²) in [5, 5.41) is 19.5. The smallest absolute Gasteiger partial charge is 0.152 e. The second-order valence-electron chi connectivity index (χ2n) is 5.02. The van der Waals surface area contributed by atoms with Crippen LogP contribution in [0.5, 0.6) is 0 Å². The van der Waals surface area contributed by atoms with Gasteiger partial charge in [0.2, 0.25) is 0 Å². The number of nitriles is 1. The summed E-state index contributed by atoms with van der Waals surface area (Å²) < 4.78 is 0. The van der Waals surface area contributed by atoms with E-state index in [1.165, 1.54) is 0 Å². The lowest BCUT2D eigenvalue weighted by atomic mass is 10.2. The minimum Gasteiger partial charge on any atom is -0.509 e. The van der Waals surface area contributed by atoms with Gasteiger partial charge in [0.1, 0.15) is 17.4 Å². The topological polar surface area (TPSA) is 75.9 Å². The molecule has 0 radical (unpaired) electrons. The lowest BCUT2D eigenvalue weighted by Gasteiger charge is -2.14. The molecule has 2 aromatic rings. The largest absolute Gasteiger partial charge is 0.509 e. The zero-order valence-electron chi connectivity index (χ0n) is 11.1. The molecular formula is C15H16N4O. The molecule has 0 spiro atoms. The van der Waals surface area contributed by atoms with Crippen molar-refractivity contribution in [3.8, 4) is 6.07 Å². The Hall–Kier alpha value is -2.32. The van der Waals surface area contributed by atoms with E-state index in [0.29, 0.717) is 12.4 Å². The number of hydrogen-bond acceptors (Lipinski definition) is 4. The van der Waals surface area contributed by atoms with Crippen LogP contribution < -0.4 is 0 Å². The van der Waals surface area contributed by atoms with Gasteiger partial charge in [0, 0.05) is 0 Å². The molecule has 5 heteroatoms.